The molecule has 0 aromatic rings. The van der Waals surface area contributed by atoms with E-state index in [2.05, 4.69) is 0 Å². The highest BCUT2D eigenvalue weighted by molar-refractivity contribution is 5.80. The van der Waals surface area contributed by atoms with E-state index in [-0.39, 0.29) is 12.4 Å². The molecule has 0 radical (unpaired) electrons. The van der Waals surface area contributed by atoms with Crippen molar-refractivity contribution in [2.45, 2.75) is 38.1 Å². The van der Waals surface area contributed by atoms with E-state index in [0.29, 0.717) is 12.8 Å². The molecule has 0 aromatic carbocycles. The number of carbonyl (C=O) groups excluding carboxylic acids is 1. The van der Waals surface area contributed by atoms with Gasteiger partial charge in [0.05, 0.1) is 12.7 Å². The van der Waals surface area contributed by atoms with Crippen LogP contribution < -0.4 is 0 Å². The summed E-state index contributed by atoms with van der Waals surface area (Å²) in [6.07, 6.45) is -0.591. The fourth-order valence-electron chi connectivity index (χ4n) is 1.34. The standard InChI is InChI=1S/C8H14O4/c1-5(10)7-3-2-6(11)8(4-9)12-7/h6-9,11H,2-4H2,1H3. The Balaban J connectivity index is 2.49. The molecule has 1 fully saturated rings. The van der Waals surface area contributed by atoms with Crippen LogP contribution in [0.2, 0.25) is 0 Å². The lowest BCUT2D eigenvalue weighted by atomic mass is 9.99. The van der Waals surface area contributed by atoms with Crippen LogP contribution in [-0.2, 0) is 9.53 Å². The Morgan fingerprint density at radius 1 is 1.58 bits per heavy atom. The summed E-state index contributed by atoms with van der Waals surface area (Å²) in [4.78, 5) is 10.9. The van der Waals surface area contributed by atoms with Gasteiger partial charge in [-0.05, 0) is 19.8 Å². The minimum Gasteiger partial charge on any atom is -0.394 e. The number of ketones is 1. The Bertz CT molecular complexity index is 168. The Labute approximate surface area is 71.2 Å². The number of rotatable bonds is 2. The first-order valence-electron chi connectivity index (χ1n) is 4.10. The predicted octanol–water partition coefficient (Wildman–Crippen LogP) is -0.524. The van der Waals surface area contributed by atoms with Crippen LogP contribution in [0.25, 0.3) is 0 Å². The highest BCUT2D eigenvalue weighted by atomic mass is 16.5. The van der Waals surface area contributed by atoms with Gasteiger partial charge in [0.25, 0.3) is 0 Å². The minimum absolute atomic E-state index is 0.0413. The highest BCUT2D eigenvalue weighted by Crippen LogP contribution is 2.19. The Kier molecular flexibility index (Phi) is 3.20. The van der Waals surface area contributed by atoms with Crippen LogP contribution in [0.4, 0.5) is 0 Å². The third kappa shape index (κ3) is 2.03. The molecule has 0 bridgehead atoms. The predicted molar refractivity (Wildman–Crippen MR) is 41.7 cm³/mol. The first kappa shape index (κ1) is 9.64. The van der Waals surface area contributed by atoms with Gasteiger partial charge in [0, 0.05) is 0 Å². The summed E-state index contributed by atoms with van der Waals surface area (Å²) in [6, 6.07) is 0. The molecule has 1 aliphatic rings. The van der Waals surface area contributed by atoms with Crippen LogP contribution in [0.3, 0.4) is 0 Å². The van der Waals surface area contributed by atoms with Crippen molar-refractivity contribution in [2.75, 3.05) is 6.61 Å². The normalized spacial score (nSPS) is 36.4. The lowest BCUT2D eigenvalue weighted by Gasteiger charge is -2.31. The van der Waals surface area contributed by atoms with Crippen LogP contribution in [0.15, 0.2) is 0 Å². The summed E-state index contributed by atoms with van der Waals surface area (Å²) in [5.41, 5.74) is 0. The van der Waals surface area contributed by atoms with Gasteiger partial charge in [0.1, 0.15) is 12.2 Å². The number of ether oxygens (including phenoxy) is 1. The molecule has 0 aliphatic carbocycles. The number of hydrogen-bond donors (Lipinski definition) is 2. The zero-order valence-electron chi connectivity index (χ0n) is 7.06. The van der Waals surface area contributed by atoms with Crippen molar-refractivity contribution >= 4 is 5.78 Å². The summed E-state index contributed by atoms with van der Waals surface area (Å²) in [5.74, 6) is -0.0413. The zero-order valence-corrected chi connectivity index (χ0v) is 7.06. The average molecular weight is 174 g/mol. The highest BCUT2D eigenvalue weighted by Gasteiger charge is 2.31. The van der Waals surface area contributed by atoms with E-state index in [4.69, 9.17) is 9.84 Å². The van der Waals surface area contributed by atoms with E-state index in [1.807, 2.05) is 0 Å². The summed E-state index contributed by atoms with van der Waals surface area (Å²) < 4.78 is 5.16. The molecule has 1 saturated heterocycles. The number of aliphatic hydroxyl groups is 2. The first-order valence-corrected chi connectivity index (χ1v) is 4.10. The quantitative estimate of drug-likeness (QED) is 0.591. The van der Waals surface area contributed by atoms with Crippen LogP contribution in [0.5, 0.6) is 0 Å². The number of carbonyl (C=O) groups is 1. The third-order valence-corrected chi connectivity index (χ3v) is 2.13. The number of hydrogen-bond acceptors (Lipinski definition) is 4. The van der Waals surface area contributed by atoms with Crippen LogP contribution in [0.1, 0.15) is 19.8 Å². The van der Waals surface area contributed by atoms with Gasteiger partial charge in [-0.2, -0.15) is 0 Å². The van der Waals surface area contributed by atoms with Gasteiger partial charge in [-0.15, -0.1) is 0 Å². The fourth-order valence-corrected chi connectivity index (χ4v) is 1.34. The number of Topliss-reactive ketones (excluding diaryl/α,β-unsaturated/α-hetero) is 1. The van der Waals surface area contributed by atoms with Gasteiger partial charge >= 0.3 is 0 Å². The van der Waals surface area contributed by atoms with Crippen molar-refractivity contribution in [3.05, 3.63) is 0 Å². The SMILES string of the molecule is CC(=O)C1CCC(O)C(CO)O1. The lowest BCUT2D eigenvalue weighted by molar-refractivity contribution is -0.156. The Hall–Kier alpha value is -0.450. The maximum atomic E-state index is 10.9. The van der Waals surface area contributed by atoms with E-state index < -0.39 is 18.3 Å². The van der Waals surface area contributed by atoms with Crippen LogP contribution in [0, 0.1) is 0 Å². The number of aliphatic hydroxyl groups excluding tert-OH is 2. The smallest absolute Gasteiger partial charge is 0.158 e. The van der Waals surface area contributed by atoms with E-state index in [0.717, 1.165) is 0 Å². The van der Waals surface area contributed by atoms with Gasteiger partial charge < -0.3 is 14.9 Å². The van der Waals surface area contributed by atoms with Gasteiger partial charge in [0.15, 0.2) is 5.78 Å². The molecule has 12 heavy (non-hydrogen) atoms. The molecule has 70 valence electrons. The van der Waals surface area contributed by atoms with Crippen molar-refractivity contribution < 1.29 is 19.7 Å². The molecule has 1 aliphatic heterocycles. The maximum absolute atomic E-state index is 10.9. The van der Waals surface area contributed by atoms with Crippen molar-refractivity contribution in [1.82, 2.24) is 0 Å². The monoisotopic (exact) mass is 174 g/mol. The largest absolute Gasteiger partial charge is 0.394 e. The van der Waals surface area contributed by atoms with Gasteiger partial charge in [-0.25, -0.2) is 0 Å². The van der Waals surface area contributed by atoms with Gasteiger partial charge in [0.2, 0.25) is 0 Å². The summed E-state index contributed by atoms with van der Waals surface area (Å²) in [7, 11) is 0. The van der Waals surface area contributed by atoms with E-state index >= 15 is 0 Å². The molecule has 4 heteroatoms. The molecule has 0 amide bonds. The van der Waals surface area contributed by atoms with Gasteiger partial charge in [-0.3, -0.25) is 4.79 Å². The second-order valence-electron chi connectivity index (χ2n) is 3.10. The van der Waals surface area contributed by atoms with Crippen molar-refractivity contribution in [1.29, 1.82) is 0 Å². The molecule has 0 spiro atoms. The molecule has 1 rings (SSSR count). The summed E-state index contributed by atoms with van der Waals surface area (Å²) in [5, 5.41) is 18.0. The third-order valence-electron chi connectivity index (χ3n) is 2.13. The molecule has 0 aromatic heterocycles. The average Bonchev–Trinajstić information content (AvgIpc) is 2.05. The summed E-state index contributed by atoms with van der Waals surface area (Å²) >= 11 is 0. The molecule has 3 atom stereocenters. The second-order valence-corrected chi connectivity index (χ2v) is 3.10. The van der Waals surface area contributed by atoms with E-state index in [1.54, 1.807) is 0 Å². The van der Waals surface area contributed by atoms with Crippen molar-refractivity contribution in [3.8, 4) is 0 Å². The molecule has 0 saturated carbocycles. The second kappa shape index (κ2) is 3.98. The zero-order chi connectivity index (χ0) is 9.14. The first-order chi connectivity index (χ1) is 5.65. The Morgan fingerprint density at radius 2 is 2.25 bits per heavy atom. The topological polar surface area (TPSA) is 66.8 Å². The van der Waals surface area contributed by atoms with Gasteiger partial charge in [-0.1, -0.05) is 0 Å². The molecule has 3 unspecified atom stereocenters. The molecule has 4 nitrogen and oxygen atoms in total. The fraction of sp³-hybridized carbons (Fsp3) is 0.875. The lowest BCUT2D eigenvalue weighted by Crippen LogP contribution is -2.43. The van der Waals surface area contributed by atoms with E-state index in [1.165, 1.54) is 6.92 Å². The maximum Gasteiger partial charge on any atom is 0.158 e. The van der Waals surface area contributed by atoms with Crippen molar-refractivity contribution in [2.24, 2.45) is 0 Å². The van der Waals surface area contributed by atoms with Crippen molar-refractivity contribution in [3.63, 3.8) is 0 Å². The molecular formula is C8H14O4. The van der Waals surface area contributed by atoms with Crippen LogP contribution >= 0.6 is 0 Å². The van der Waals surface area contributed by atoms with E-state index in [9.17, 15) is 9.90 Å². The molecule has 2 N–H and O–H groups in total. The Morgan fingerprint density at radius 3 is 2.75 bits per heavy atom. The summed E-state index contributed by atoms with van der Waals surface area (Å²) in [6.45, 7) is 1.22. The molecule has 1 heterocycles. The molecular weight excluding hydrogens is 160 g/mol. The van der Waals surface area contributed by atoms with Crippen LogP contribution in [-0.4, -0.2) is 40.9 Å². The minimum atomic E-state index is -0.634.